The molecule has 1 saturated heterocycles. The molecule has 78 valence electrons. The van der Waals surface area contributed by atoms with Crippen LogP contribution in [0.3, 0.4) is 0 Å². The zero-order valence-corrected chi connectivity index (χ0v) is 8.10. The summed E-state index contributed by atoms with van der Waals surface area (Å²) < 4.78 is 4.72. The summed E-state index contributed by atoms with van der Waals surface area (Å²) >= 11 is 0. The third kappa shape index (κ3) is 2.34. The van der Waals surface area contributed by atoms with Crippen LogP contribution < -0.4 is 5.32 Å². The monoisotopic (exact) mass is 205 g/mol. The quantitative estimate of drug-likeness (QED) is 0.705. The minimum Gasteiger partial charge on any atom is -0.454 e. The highest BCUT2D eigenvalue weighted by atomic mass is 16.5. The first kappa shape index (κ1) is 9.71. The second-order valence-electron chi connectivity index (χ2n) is 3.42. The van der Waals surface area contributed by atoms with Crippen LogP contribution in [0.1, 0.15) is 5.56 Å². The molecule has 1 heterocycles. The van der Waals surface area contributed by atoms with Crippen LogP contribution >= 0.6 is 0 Å². The van der Waals surface area contributed by atoms with Crippen LogP contribution in [0.5, 0.6) is 0 Å². The fourth-order valence-electron chi connectivity index (χ4n) is 1.52. The van der Waals surface area contributed by atoms with Gasteiger partial charge in [0.1, 0.15) is 6.04 Å². The summed E-state index contributed by atoms with van der Waals surface area (Å²) in [6, 6.07) is 8.97. The van der Waals surface area contributed by atoms with E-state index < -0.39 is 6.04 Å². The molecule has 0 radical (unpaired) electrons. The third-order valence-corrected chi connectivity index (χ3v) is 2.25. The Balaban J connectivity index is 2.05. The minimum absolute atomic E-state index is 0.163. The molecule has 0 spiro atoms. The second kappa shape index (κ2) is 4.13. The number of esters is 1. The van der Waals surface area contributed by atoms with Crippen molar-refractivity contribution in [3.63, 3.8) is 0 Å². The van der Waals surface area contributed by atoms with Crippen molar-refractivity contribution in [1.29, 1.82) is 0 Å². The molecule has 1 aromatic carbocycles. The van der Waals surface area contributed by atoms with Gasteiger partial charge in [0.25, 0.3) is 5.91 Å². The fraction of sp³-hybridized carbons (Fsp3) is 0.273. The lowest BCUT2D eigenvalue weighted by Gasteiger charge is -2.22. The maximum atomic E-state index is 11.3. The molecule has 1 amide bonds. The SMILES string of the molecule is O=C1COC(=O)[C@H](Cc2ccccc2)N1. The van der Waals surface area contributed by atoms with E-state index in [0.717, 1.165) is 5.56 Å². The molecule has 0 bridgehead atoms. The summed E-state index contributed by atoms with van der Waals surface area (Å²) in [6.07, 6.45) is 0.478. The lowest BCUT2D eigenvalue weighted by Crippen LogP contribution is -2.50. The van der Waals surface area contributed by atoms with Crippen molar-refractivity contribution in [3.8, 4) is 0 Å². The van der Waals surface area contributed by atoms with E-state index in [0.29, 0.717) is 6.42 Å². The Labute approximate surface area is 87.2 Å². The van der Waals surface area contributed by atoms with Gasteiger partial charge >= 0.3 is 5.97 Å². The van der Waals surface area contributed by atoms with Gasteiger partial charge in [-0.1, -0.05) is 30.3 Å². The summed E-state index contributed by atoms with van der Waals surface area (Å²) in [7, 11) is 0. The van der Waals surface area contributed by atoms with E-state index in [-0.39, 0.29) is 18.5 Å². The number of hydrogen-bond acceptors (Lipinski definition) is 3. The zero-order valence-electron chi connectivity index (χ0n) is 8.10. The number of carbonyl (C=O) groups is 2. The first-order valence-corrected chi connectivity index (χ1v) is 4.75. The predicted octanol–water partition coefficient (Wildman–Crippen LogP) is 0.271. The Hall–Kier alpha value is -1.84. The van der Waals surface area contributed by atoms with Crippen molar-refractivity contribution < 1.29 is 14.3 Å². The average Bonchev–Trinajstić information content (AvgIpc) is 2.25. The molecule has 0 saturated carbocycles. The summed E-state index contributed by atoms with van der Waals surface area (Å²) in [5, 5.41) is 2.60. The molecule has 0 aromatic heterocycles. The van der Waals surface area contributed by atoms with Gasteiger partial charge in [-0.05, 0) is 5.56 Å². The van der Waals surface area contributed by atoms with E-state index in [1.807, 2.05) is 30.3 Å². The molecular formula is C11H11NO3. The topological polar surface area (TPSA) is 55.4 Å². The number of benzene rings is 1. The van der Waals surface area contributed by atoms with Gasteiger partial charge in [-0.15, -0.1) is 0 Å². The Morgan fingerprint density at radius 1 is 1.27 bits per heavy atom. The van der Waals surface area contributed by atoms with E-state index in [9.17, 15) is 9.59 Å². The number of hydrogen-bond donors (Lipinski definition) is 1. The Morgan fingerprint density at radius 2 is 2.00 bits per heavy atom. The number of nitrogens with one attached hydrogen (secondary N) is 1. The number of cyclic esters (lactones) is 1. The highest BCUT2D eigenvalue weighted by molar-refractivity contribution is 5.90. The zero-order chi connectivity index (χ0) is 10.7. The molecule has 0 unspecified atom stereocenters. The van der Waals surface area contributed by atoms with Crippen molar-refractivity contribution in [2.24, 2.45) is 0 Å². The van der Waals surface area contributed by atoms with Gasteiger partial charge in [-0.3, -0.25) is 4.79 Å². The van der Waals surface area contributed by atoms with E-state index in [1.54, 1.807) is 0 Å². The Morgan fingerprint density at radius 3 is 2.73 bits per heavy atom. The standard InChI is InChI=1S/C11H11NO3/c13-10-7-15-11(14)9(12-10)6-8-4-2-1-3-5-8/h1-5,9H,6-7H2,(H,12,13)/t9-/m0/s1. The fourth-order valence-corrected chi connectivity index (χ4v) is 1.52. The summed E-state index contributed by atoms with van der Waals surface area (Å²) in [4.78, 5) is 22.3. The van der Waals surface area contributed by atoms with Gasteiger partial charge in [0.05, 0.1) is 0 Å². The van der Waals surface area contributed by atoms with Gasteiger partial charge in [0.2, 0.25) is 0 Å². The lowest BCUT2D eigenvalue weighted by molar-refractivity contribution is -0.157. The van der Waals surface area contributed by atoms with Gasteiger partial charge in [0, 0.05) is 6.42 Å². The van der Waals surface area contributed by atoms with Crippen LogP contribution in [0.15, 0.2) is 30.3 Å². The highest BCUT2D eigenvalue weighted by Gasteiger charge is 2.27. The summed E-state index contributed by atoms with van der Waals surface area (Å²) in [5.74, 6) is -0.603. The van der Waals surface area contributed by atoms with E-state index in [2.05, 4.69) is 5.32 Å². The number of rotatable bonds is 2. The molecule has 4 heteroatoms. The molecule has 1 atom stereocenters. The van der Waals surface area contributed by atoms with Crippen LogP contribution in [0, 0.1) is 0 Å². The molecule has 15 heavy (non-hydrogen) atoms. The highest BCUT2D eigenvalue weighted by Crippen LogP contribution is 2.06. The van der Waals surface area contributed by atoms with Crippen LogP contribution in [0.4, 0.5) is 0 Å². The number of carbonyl (C=O) groups excluding carboxylic acids is 2. The minimum atomic E-state index is -0.548. The number of amides is 1. The smallest absolute Gasteiger partial charge is 0.329 e. The summed E-state index contributed by atoms with van der Waals surface area (Å²) in [5.41, 5.74) is 1.00. The number of ether oxygens (including phenoxy) is 1. The van der Waals surface area contributed by atoms with Crippen LogP contribution in [-0.2, 0) is 20.7 Å². The maximum absolute atomic E-state index is 11.3. The largest absolute Gasteiger partial charge is 0.454 e. The normalized spacial score (nSPS) is 20.7. The molecule has 1 aromatic rings. The predicted molar refractivity (Wildman–Crippen MR) is 53.0 cm³/mol. The van der Waals surface area contributed by atoms with Gasteiger partial charge < -0.3 is 10.1 Å². The second-order valence-corrected chi connectivity index (χ2v) is 3.42. The van der Waals surface area contributed by atoms with Gasteiger partial charge in [0.15, 0.2) is 6.61 Å². The van der Waals surface area contributed by atoms with E-state index in [1.165, 1.54) is 0 Å². The number of morpholine rings is 1. The molecule has 2 rings (SSSR count). The Kier molecular flexibility index (Phi) is 2.67. The van der Waals surface area contributed by atoms with Crippen molar-refractivity contribution >= 4 is 11.9 Å². The van der Waals surface area contributed by atoms with Crippen molar-refractivity contribution in [1.82, 2.24) is 5.32 Å². The van der Waals surface area contributed by atoms with Crippen molar-refractivity contribution in [2.45, 2.75) is 12.5 Å². The molecular weight excluding hydrogens is 194 g/mol. The molecule has 1 N–H and O–H groups in total. The van der Waals surface area contributed by atoms with E-state index in [4.69, 9.17) is 4.74 Å². The van der Waals surface area contributed by atoms with Crippen LogP contribution in [0.25, 0.3) is 0 Å². The van der Waals surface area contributed by atoms with Crippen LogP contribution in [0.2, 0.25) is 0 Å². The van der Waals surface area contributed by atoms with Crippen molar-refractivity contribution in [3.05, 3.63) is 35.9 Å². The van der Waals surface area contributed by atoms with Crippen LogP contribution in [-0.4, -0.2) is 24.5 Å². The first-order chi connectivity index (χ1) is 7.25. The third-order valence-electron chi connectivity index (χ3n) is 2.25. The van der Waals surface area contributed by atoms with Gasteiger partial charge in [-0.25, -0.2) is 4.79 Å². The molecule has 1 aliphatic heterocycles. The molecule has 4 nitrogen and oxygen atoms in total. The lowest BCUT2D eigenvalue weighted by atomic mass is 10.1. The average molecular weight is 205 g/mol. The molecule has 1 fully saturated rings. The van der Waals surface area contributed by atoms with E-state index >= 15 is 0 Å². The Bertz CT molecular complexity index is 375. The molecule has 0 aliphatic carbocycles. The summed E-state index contributed by atoms with van der Waals surface area (Å²) in [6.45, 7) is -0.163. The van der Waals surface area contributed by atoms with Crippen molar-refractivity contribution in [2.75, 3.05) is 6.61 Å². The molecule has 1 aliphatic rings. The first-order valence-electron chi connectivity index (χ1n) is 4.75. The van der Waals surface area contributed by atoms with Gasteiger partial charge in [-0.2, -0.15) is 0 Å². The maximum Gasteiger partial charge on any atom is 0.329 e.